The molecule has 1 aliphatic rings. The van der Waals surface area contributed by atoms with Crippen LogP contribution in [0.15, 0.2) is 18.2 Å². The molecule has 1 aromatic carbocycles. The highest BCUT2D eigenvalue weighted by Gasteiger charge is 2.35. The summed E-state index contributed by atoms with van der Waals surface area (Å²) in [6, 6.07) is 3.13. The number of aromatic amines is 1. The van der Waals surface area contributed by atoms with Gasteiger partial charge in [0.2, 0.25) is 5.91 Å². The predicted octanol–water partition coefficient (Wildman–Crippen LogP) is 2.18. The molecule has 0 saturated carbocycles. The number of amides is 1. The lowest BCUT2D eigenvalue weighted by atomic mass is 10.0. The van der Waals surface area contributed by atoms with Gasteiger partial charge in [-0.2, -0.15) is 5.10 Å². The number of aliphatic hydroxyl groups is 1. The topological polar surface area (TPSA) is 69.2 Å². The highest BCUT2D eigenvalue weighted by molar-refractivity contribution is 5.80. The summed E-state index contributed by atoms with van der Waals surface area (Å²) in [5.74, 6) is -2.06. The monoisotopic (exact) mass is 335 g/mol. The molecule has 0 unspecified atom stereocenters. The van der Waals surface area contributed by atoms with Crippen molar-refractivity contribution in [3.8, 4) is 0 Å². The first kappa shape index (κ1) is 16.6. The summed E-state index contributed by atoms with van der Waals surface area (Å²) in [5, 5.41) is 16.9. The first-order valence-corrected chi connectivity index (χ1v) is 7.79. The van der Waals surface area contributed by atoms with E-state index in [9.17, 15) is 18.7 Å². The number of rotatable bonds is 3. The molecule has 1 fully saturated rings. The Balaban J connectivity index is 1.84. The third kappa shape index (κ3) is 3.03. The van der Waals surface area contributed by atoms with Gasteiger partial charge in [-0.15, -0.1) is 0 Å². The molecule has 5 nitrogen and oxygen atoms in total. The third-order valence-electron chi connectivity index (χ3n) is 4.54. The van der Waals surface area contributed by atoms with Gasteiger partial charge in [-0.05, 0) is 38.0 Å². The van der Waals surface area contributed by atoms with Crippen LogP contribution in [0, 0.1) is 25.5 Å². The van der Waals surface area contributed by atoms with Crippen molar-refractivity contribution in [1.82, 2.24) is 15.1 Å². The Bertz CT molecular complexity index is 756. The molecule has 0 bridgehead atoms. The zero-order valence-electron chi connectivity index (χ0n) is 13.5. The van der Waals surface area contributed by atoms with Crippen molar-refractivity contribution in [1.29, 1.82) is 0 Å². The molecule has 0 spiro atoms. The lowest BCUT2D eigenvalue weighted by Crippen LogP contribution is -2.33. The van der Waals surface area contributed by atoms with Crippen LogP contribution in [0.1, 0.15) is 35.0 Å². The van der Waals surface area contributed by atoms with Crippen LogP contribution < -0.4 is 0 Å². The van der Waals surface area contributed by atoms with E-state index in [2.05, 4.69) is 10.2 Å². The standard InChI is InChI=1S/C17H19F2N3O2/c1-9-13(10(2)21-20-9)7-17(24)22-8-12(23)6-16(22)11-3-4-14(18)15(19)5-11/h3-5,12,16,23H,6-8H2,1-2H3,(H,20,21)/t12-,16-/m1/s1. The number of likely N-dealkylation sites (tertiary alicyclic amines) is 1. The van der Waals surface area contributed by atoms with E-state index in [1.807, 2.05) is 13.8 Å². The average molecular weight is 335 g/mol. The molecule has 2 heterocycles. The van der Waals surface area contributed by atoms with Crippen LogP contribution in [-0.4, -0.2) is 38.8 Å². The fraction of sp³-hybridized carbons (Fsp3) is 0.412. The van der Waals surface area contributed by atoms with Crippen LogP contribution >= 0.6 is 0 Å². The smallest absolute Gasteiger partial charge is 0.227 e. The summed E-state index contributed by atoms with van der Waals surface area (Å²) < 4.78 is 26.7. The Morgan fingerprint density at radius 3 is 2.75 bits per heavy atom. The number of aryl methyl sites for hydroxylation is 2. The number of carbonyl (C=O) groups is 1. The molecule has 128 valence electrons. The van der Waals surface area contributed by atoms with E-state index < -0.39 is 23.8 Å². The van der Waals surface area contributed by atoms with E-state index in [1.165, 1.54) is 11.0 Å². The maximum absolute atomic E-state index is 13.5. The number of hydrogen-bond acceptors (Lipinski definition) is 3. The summed E-state index contributed by atoms with van der Waals surface area (Å²) in [5.41, 5.74) is 2.89. The minimum Gasteiger partial charge on any atom is -0.391 e. The summed E-state index contributed by atoms with van der Waals surface area (Å²) in [4.78, 5) is 14.2. The lowest BCUT2D eigenvalue weighted by Gasteiger charge is -2.25. The number of β-amino-alcohol motifs (C(OH)–C–C–N with tert-alkyl or cyclic N) is 1. The van der Waals surface area contributed by atoms with Gasteiger partial charge in [-0.25, -0.2) is 8.78 Å². The fourth-order valence-electron chi connectivity index (χ4n) is 3.21. The largest absolute Gasteiger partial charge is 0.391 e. The molecule has 1 aliphatic heterocycles. The maximum atomic E-state index is 13.5. The molecule has 2 atom stereocenters. The van der Waals surface area contributed by atoms with Crippen LogP contribution in [0.25, 0.3) is 0 Å². The second-order valence-electron chi connectivity index (χ2n) is 6.21. The van der Waals surface area contributed by atoms with Gasteiger partial charge in [0.25, 0.3) is 0 Å². The van der Waals surface area contributed by atoms with E-state index in [0.29, 0.717) is 12.0 Å². The molecule has 2 aromatic rings. The lowest BCUT2D eigenvalue weighted by molar-refractivity contribution is -0.131. The molecule has 24 heavy (non-hydrogen) atoms. The van der Waals surface area contributed by atoms with Crippen LogP contribution in [0.4, 0.5) is 8.78 Å². The molecule has 3 rings (SSSR count). The van der Waals surface area contributed by atoms with Crippen molar-refractivity contribution >= 4 is 5.91 Å². The van der Waals surface area contributed by atoms with Gasteiger partial charge in [-0.3, -0.25) is 9.89 Å². The highest BCUT2D eigenvalue weighted by Crippen LogP contribution is 2.33. The van der Waals surface area contributed by atoms with Gasteiger partial charge in [0, 0.05) is 17.8 Å². The van der Waals surface area contributed by atoms with E-state index >= 15 is 0 Å². The van der Waals surface area contributed by atoms with E-state index in [1.54, 1.807) is 0 Å². The van der Waals surface area contributed by atoms with Gasteiger partial charge in [0.05, 0.1) is 24.3 Å². The number of nitrogens with one attached hydrogen (secondary N) is 1. The number of hydrogen-bond donors (Lipinski definition) is 2. The van der Waals surface area contributed by atoms with Crippen molar-refractivity contribution < 1.29 is 18.7 Å². The molecule has 1 saturated heterocycles. The first-order chi connectivity index (χ1) is 11.4. The number of nitrogens with zero attached hydrogens (tertiary/aromatic N) is 2. The highest BCUT2D eigenvalue weighted by atomic mass is 19.2. The number of benzene rings is 1. The minimum atomic E-state index is -0.956. The van der Waals surface area contributed by atoms with Gasteiger partial charge in [0.15, 0.2) is 11.6 Å². The van der Waals surface area contributed by atoms with Gasteiger partial charge in [-0.1, -0.05) is 6.07 Å². The minimum absolute atomic E-state index is 0.154. The Labute approximate surface area is 138 Å². The average Bonchev–Trinajstić information content (AvgIpc) is 3.07. The van der Waals surface area contributed by atoms with Crippen LogP contribution in [0.2, 0.25) is 0 Å². The molecule has 1 amide bonds. The molecule has 0 radical (unpaired) electrons. The molecular formula is C17H19F2N3O2. The number of aromatic nitrogens is 2. The zero-order chi connectivity index (χ0) is 17.4. The fourth-order valence-corrected chi connectivity index (χ4v) is 3.21. The SMILES string of the molecule is Cc1n[nH]c(C)c1CC(=O)N1C[C@H](O)C[C@@H]1c1ccc(F)c(F)c1. The normalized spacial score (nSPS) is 20.6. The van der Waals surface area contributed by atoms with Gasteiger partial charge >= 0.3 is 0 Å². The molecule has 1 aromatic heterocycles. The van der Waals surface area contributed by atoms with Crippen molar-refractivity contribution in [2.75, 3.05) is 6.54 Å². The van der Waals surface area contributed by atoms with Crippen LogP contribution in [0.3, 0.4) is 0 Å². The van der Waals surface area contributed by atoms with Crippen molar-refractivity contribution in [3.05, 3.63) is 52.3 Å². The second-order valence-corrected chi connectivity index (χ2v) is 6.21. The Hall–Kier alpha value is -2.28. The Morgan fingerprint density at radius 2 is 2.12 bits per heavy atom. The second kappa shape index (κ2) is 6.32. The third-order valence-corrected chi connectivity index (χ3v) is 4.54. The van der Waals surface area contributed by atoms with Crippen molar-refractivity contribution in [2.45, 2.75) is 38.8 Å². The summed E-state index contributed by atoms with van der Waals surface area (Å²) in [6.07, 6.45) is -0.222. The molecule has 7 heteroatoms. The van der Waals surface area contributed by atoms with E-state index in [0.717, 1.165) is 29.1 Å². The van der Waals surface area contributed by atoms with Crippen molar-refractivity contribution in [3.63, 3.8) is 0 Å². The molecule has 0 aliphatic carbocycles. The Morgan fingerprint density at radius 1 is 1.38 bits per heavy atom. The molecular weight excluding hydrogens is 316 g/mol. The zero-order valence-corrected chi connectivity index (χ0v) is 13.5. The van der Waals surface area contributed by atoms with E-state index in [-0.39, 0.29) is 18.9 Å². The number of H-pyrrole nitrogens is 1. The van der Waals surface area contributed by atoms with E-state index in [4.69, 9.17) is 0 Å². The molecule has 2 N–H and O–H groups in total. The van der Waals surface area contributed by atoms with Crippen LogP contribution in [0.5, 0.6) is 0 Å². The van der Waals surface area contributed by atoms with Gasteiger partial charge in [0.1, 0.15) is 0 Å². The van der Waals surface area contributed by atoms with Crippen LogP contribution in [-0.2, 0) is 11.2 Å². The number of carbonyl (C=O) groups excluding carboxylic acids is 1. The summed E-state index contributed by atoms with van der Waals surface area (Å²) >= 11 is 0. The Kier molecular flexibility index (Phi) is 4.36. The number of halogens is 2. The summed E-state index contributed by atoms with van der Waals surface area (Å²) in [6.45, 7) is 3.84. The van der Waals surface area contributed by atoms with Gasteiger partial charge < -0.3 is 10.0 Å². The number of aliphatic hydroxyl groups excluding tert-OH is 1. The summed E-state index contributed by atoms with van der Waals surface area (Å²) in [7, 11) is 0. The maximum Gasteiger partial charge on any atom is 0.227 e. The first-order valence-electron chi connectivity index (χ1n) is 7.79. The quantitative estimate of drug-likeness (QED) is 0.903. The van der Waals surface area contributed by atoms with Crippen molar-refractivity contribution in [2.24, 2.45) is 0 Å². The predicted molar refractivity (Wildman–Crippen MR) is 83.2 cm³/mol.